The number of rotatable bonds is 5. The Bertz CT molecular complexity index is 685. The molecule has 0 aliphatic heterocycles. The lowest BCUT2D eigenvalue weighted by atomic mass is 10.0. The van der Waals surface area contributed by atoms with Crippen LogP contribution < -0.4 is 10.5 Å². The molecular formula is C13H16F2N2O3S. The molecule has 0 aromatic heterocycles. The van der Waals surface area contributed by atoms with Crippen LogP contribution in [-0.4, -0.2) is 20.9 Å². The summed E-state index contributed by atoms with van der Waals surface area (Å²) < 4.78 is 49.5. The van der Waals surface area contributed by atoms with E-state index in [1.807, 2.05) is 6.92 Å². The zero-order valence-corrected chi connectivity index (χ0v) is 12.3. The van der Waals surface area contributed by atoms with Gasteiger partial charge in [-0.1, -0.05) is 6.92 Å². The number of halogens is 2. The minimum absolute atomic E-state index is 0.0300. The maximum absolute atomic E-state index is 13.7. The van der Waals surface area contributed by atoms with E-state index in [9.17, 15) is 22.0 Å². The van der Waals surface area contributed by atoms with Crippen LogP contribution in [0.25, 0.3) is 0 Å². The van der Waals surface area contributed by atoms with Crippen molar-refractivity contribution < 1.29 is 22.0 Å². The lowest BCUT2D eigenvalue weighted by Gasteiger charge is -2.14. The van der Waals surface area contributed by atoms with Gasteiger partial charge in [0.15, 0.2) is 11.6 Å². The van der Waals surface area contributed by atoms with E-state index in [1.165, 1.54) is 0 Å². The number of carbonyl (C=O) groups is 1. The lowest BCUT2D eigenvalue weighted by Crippen LogP contribution is -2.31. The Morgan fingerprint density at radius 1 is 1.38 bits per heavy atom. The average molecular weight is 318 g/mol. The molecule has 0 unspecified atom stereocenters. The Balaban J connectivity index is 2.26. The molecule has 5 nitrogen and oxygen atoms in total. The van der Waals surface area contributed by atoms with Gasteiger partial charge in [-0.25, -0.2) is 22.3 Å². The summed E-state index contributed by atoms with van der Waals surface area (Å²) in [6.07, 6.45) is 2.82. The van der Waals surface area contributed by atoms with Gasteiger partial charge in [-0.2, -0.15) is 0 Å². The summed E-state index contributed by atoms with van der Waals surface area (Å²) in [5, 5.41) is 7.39. The van der Waals surface area contributed by atoms with Gasteiger partial charge in [0.25, 0.3) is 5.91 Å². The molecule has 1 aliphatic carbocycles. The molecule has 3 N–H and O–H groups in total. The van der Waals surface area contributed by atoms with Crippen LogP contribution in [0, 0.1) is 17.0 Å². The zero-order chi connectivity index (χ0) is 15.8. The number of carbonyl (C=O) groups excluding carboxylic acids is 1. The van der Waals surface area contributed by atoms with E-state index in [1.54, 1.807) is 0 Å². The van der Waals surface area contributed by atoms with Crippen molar-refractivity contribution in [2.24, 2.45) is 10.6 Å². The standard InChI is InChI=1S/C13H16F2N2O3S/c1-2-13(3-4-13)7-17-12(18)9-5-8(21(16,19)20)6-10(14)11(9)15/h5-6H,2-4,7H2,1H3,(H,17,18)(H2,16,19,20). The molecule has 1 aliphatic rings. The molecule has 1 fully saturated rings. The van der Waals surface area contributed by atoms with Crippen molar-refractivity contribution in [2.75, 3.05) is 6.54 Å². The summed E-state index contributed by atoms with van der Waals surface area (Å²) in [6.45, 7) is 2.34. The first-order chi connectivity index (χ1) is 9.68. The molecule has 0 heterocycles. The number of sulfonamides is 1. The first-order valence-corrected chi connectivity index (χ1v) is 8.03. The molecule has 1 amide bonds. The van der Waals surface area contributed by atoms with Gasteiger partial charge in [0.2, 0.25) is 10.0 Å². The summed E-state index contributed by atoms with van der Waals surface area (Å²) in [7, 11) is -4.22. The molecule has 1 aromatic rings. The molecule has 116 valence electrons. The third-order valence-electron chi connectivity index (χ3n) is 3.91. The normalized spacial score (nSPS) is 16.6. The third kappa shape index (κ3) is 3.38. The van der Waals surface area contributed by atoms with Gasteiger partial charge in [0.05, 0.1) is 10.5 Å². The maximum atomic E-state index is 13.7. The lowest BCUT2D eigenvalue weighted by molar-refractivity contribution is 0.0939. The van der Waals surface area contributed by atoms with Gasteiger partial charge in [-0.05, 0) is 36.8 Å². The van der Waals surface area contributed by atoms with Crippen LogP contribution in [0.4, 0.5) is 8.78 Å². The van der Waals surface area contributed by atoms with Crippen LogP contribution in [-0.2, 0) is 10.0 Å². The van der Waals surface area contributed by atoms with E-state index < -0.39 is 38.0 Å². The van der Waals surface area contributed by atoms with Crippen molar-refractivity contribution in [3.63, 3.8) is 0 Å². The summed E-state index contributed by atoms with van der Waals surface area (Å²) in [5.74, 6) is -3.67. The minimum Gasteiger partial charge on any atom is -0.351 e. The topological polar surface area (TPSA) is 89.3 Å². The second-order valence-corrected chi connectivity index (χ2v) is 6.91. The third-order valence-corrected chi connectivity index (χ3v) is 4.80. The number of nitrogens with two attached hydrogens (primary N) is 1. The first kappa shape index (κ1) is 15.8. The Hall–Kier alpha value is -1.54. The fourth-order valence-corrected chi connectivity index (χ4v) is 2.64. The van der Waals surface area contributed by atoms with Crippen LogP contribution in [0.5, 0.6) is 0 Å². The summed E-state index contributed by atoms with van der Waals surface area (Å²) >= 11 is 0. The fourth-order valence-electron chi connectivity index (χ4n) is 2.09. The molecule has 0 spiro atoms. The van der Waals surface area contributed by atoms with Gasteiger partial charge in [-0.3, -0.25) is 4.79 Å². The van der Waals surface area contributed by atoms with Crippen LogP contribution in [0.1, 0.15) is 36.5 Å². The van der Waals surface area contributed by atoms with E-state index in [2.05, 4.69) is 5.32 Å². The highest BCUT2D eigenvalue weighted by atomic mass is 32.2. The summed E-state index contributed by atoms with van der Waals surface area (Å²) in [6, 6.07) is 1.20. The fraction of sp³-hybridized carbons (Fsp3) is 0.462. The minimum atomic E-state index is -4.22. The second-order valence-electron chi connectivity index (χ2n) is 5.35. The SMILES string of the molecule is CCC1(CNC(=O)c2cc(S(N)(=O)=O)cc(F)c2F)CC1. The van der Waals surface area contributed by atoms with Crippen molar-refractivity contribution in [2.45, 2.75) is 31.1 Å². The molecule has 1 aromatic carbocycles. The van der Waals surface area contributed by atoms with Gasteiger partial charge < -0.3 is 5.32 Å². The zero-order valence-electron chi connectivity index (χ0n) is 11.4. The molecule has 0 radical (unpaired) electrons. The van der Waals surface area contributed by atoms with Gasteiger partial charge >= 0.3 is 0 Å². The average Bonchev–Trinajstić information content (AvgIpc) is 3.18. The van der Waals surface area contributed by atoms with Crippen LogP contribution in [0.15, 0.2) is 17.0 Å². The quantitative estimate of drug-likeness (QED) is 0.863. The Kier molecular flexibility index (Phi) is 4.03. The van der Waals surface area contributed by atoms with Crippen LogP contribution >= 0.6 is 0 Å². The van der Waals surface area contributed by atoms with Crippen molar-refractivity contribution >= 4 is 15.9 Å². The number of amides is 1. The second kappa shape index (κ2) is 5.34. The number of benzene rings is 1. The predicted molar refractivity (Wildman–Crippen MR) is 72.0 cm³/mol. The summed E-state index contributed by atoms with van der Waals surface area (Å²) in [4.78, 5) is 11.3. The number of hydrogen-bond donors (Lipinski definition) is 2. The van der Waals surface area contributed by atoms with Crippen molar-refractivity contribution in [3.05, 3.63) is 29.3 Å². The highest BCUT2D eigenvalue weighted by Gasteiger charge is 2.40. The molecule has 2 rings (SSSR count). The van der Waals surface area contributed by atoms with Crippen LogP contribution in [0.2, 0.25) is 0 Å². The van der Waals surface area contributed by atoms with Crippen molar-refractivity contribution in [1.82, 2.24) is 5.32 Å². The van der Waals surface area contributed by atoms with E-state index in [0.717, 1.165) is 25.3 Å². The molecule has 1 saturated carbocycles. The highest BCUT2D eigenvalue weighted by molar-refractivity contribution is 7.89. The van der Waals surface area contributed by atoms with E-state index in [4.69, 9.17) is 5.14 Å². The molecule has 0 atom stereocenters. The molecule has 0 bridgehead atoms. The largest absolute Gasteiger partial charge is 0.351 e. The molecule has 8 heteroatoms. The van der Waals surface area contributed by atoms with Crippen molar-refractivity contribution in [3.8, 4) is 0 Å². The van der Waals surface area contributed by atoms with E-state index in [-0.39, 0.29) is 5.41 Å². The first-order valence-electron chi connectivity index (χ1n) is 6.48. The number of hydrogen-bond acceptors (Lipinski definition) is 3. The van der Waals surface area contributed by atoms with Crippen LogP contribution in [0.3, 0.4) is 0 Å². The Labute approximate surface area is 121 Å². The number of nitrogens with one attached hydrogen (secondary N) is 1. The maximum Gasteiger partial charge on any atom is 0.254 e. The Morgan fingerprint density at radius 3 is 2.48 bits per heavy atom. The van der Waals surface area contributed by atoms with Crippen molar-refractivity contribution in [1.29, 1.82) is 0 Å². The van der Waals surface area contributed by atoms with Gasteiger partial charge in [0.1, 0.15) is 0 Å². The molecule has 0 saturated heterocycles. The number of primary sulfonamides is 1. The predicted octanol–water partition coefficient (Wildman–Crippen LogP) is 1.53. The monoisotopic (exact) mass is 318 g/mol. The molecular weight excluding hydrogens is 302 g/mol. The van der Waals surface area contributed by atoms with Gasteiger partial charge in [-0.15, -0.1) is 0 Å². The molecule has 21 heavy (non-hydrogen) atoms. The Morgan fingerprint density at radius 2 is 2.00 bits per heavy atom. The van der Waals surface area contributed by atoms with E-state index >= 15 is 0 Å². The summed E-state index contributed by atoms with van der Waals surface area (Å²) in [5.41, 5.74) is -0.631. The van der Waals surface area contributed by atoms with E-state index in [0.29, 0.717) is 12.6 Å². The smallest absolute Gasteiger partial charge is 0.254 e. The van der Waals surface area contributed by atoms with Gasteiger partial charge in [0, 0.05) is 6.54 Å². The highest BCUT2D eigenvalue weighted by Crippen LogP contribution is 2.47.